The highest BCUT2D eigenvalue weighted by molar-refractivity contribution is 5.92. The Bertz CT molecular complexity index is 449. The van der Waals surface area contributed by atoms with E-state index in [2.05, 4.69) is 10.3 Å². The van der Waals surface area contributed by atoms with Crippen molar-refractivity contribution in [3.05, 3.63) is 11.9 Å². The van der Waals surface area contributed by atoms with E-state index in [4.69, 9.17) is 9.47 Å². The lowest BCUT2D eigenvalue weighted by molar-refractivity contribution is 0.0415. The summed E-state index contributed by atoms with van der Waals surface area (Å²) in [5.41, 5.74) is 0.516. The molecule has 2 atom stereocenters. The number of ether oxygens (including phenoxy) is 2. The fraction of sp³-hybridized carbons (Fsp3) is 0.769. The van der Waals surface area contributed by atoms with Gasteiger partial charge in [-0.25, -0.2) is 4.68 Å². The quantitative estimate of drug-likeness (QED) is 0.762. The number of amides is 1. The standard InChI is InChI=1S/C13H22N4O3/c1-4-17-12(9-14-15-17)13(18)16(6-8-19-3)11-5-7-20-10(11)2/h9-11H,4-8H2,1-3H3. The molecule has 112 valence electrons. The first-order valence-electron chi connectivity index (χ1n) is 6.99. The Morgan fingerprint density at radius 2 is 2.45 bits per heavy atom. The van der Waals surface area contributed by atoms with Gasteiger partial charge in [0.2, 0.25) is 0 Å². The highest BCUT2D eigenvalue weighted by Gasteiger charge is 2.34. The maximum absolute atomic E-state index is 12.7. The van der Waals surface area contributed by atoms with Gasteiger partial charge in [0.05, 0.1) is 24.9 Å². The normalized spacial score (nSPS) is 22.1. The molecule has 2 rings (SSSR count). The van der Waals surface area contributed by atoms with Gasteiger partial charge in [0.1, 0.15) is 5.69 Å². The Morgan fingerprint density at radius 1 is 1.65 bits per heavy atom. The van der Waals surface area contributed by atoms with Gasteiger partial charge in [-0.15, -0.1) is 5.10 Å². The maximum atomic E-state index is 12.7. The molecular weight excluding hydrogens is 260 g/mol. The van der Waals surface area contributed by atoms with E-state index in [9.17, 15) is 4.79 Å². The molecule has 0 spiro atoms. The average molecular weight is 282 g/mol. The van der Waals surface area contributed by atoms with Crippen molar-refractivity contribution in [2.24, 2.45) is 0 Å². The van der Waals surface area contributed by atoms with E-state index in [1.165, 1.54) is 6.20 Å². The predicted molar refractivity (Wildman–Crippen MR) is 72.4 cm³/mol. The molecule has 1 aliphatic heterocycles. The van der Waals surface area contributed by atoms with Gasteiger partial charge >= 0.3 is 0 Å². The highest BCUT2D eigenvalue weighted by atomic mass is 16.5. The minimum Gasteiger partial charge on any atom is -0.383 e. The van der Waals surface area contributed by atoms with Gasteiger partial charge in [0, 0.05) is 26.8 Å². The number of aromatic nitrogens is 3. The predicted octanol–water partition coefficient (Wildman–Crippen LogP) is 0.564. The third-order valence-electron chi connectivity index (χ3n) is 3.67. The second-order valence-corrected chi connectivity index (χ2v) is 4.86. The number of carbonyl (C=O) groups is 1. The van der Waals surface area contributed by atoms with Crippen molar-refractivity contribution in [1.82, 2.24) is 19.9 Å². The topological polar surface area (TPSA) is 69.5 Å². The van der Waals surface area contributed by atoms with Crippen LogP contribution in [0.25, 0.3) is 0 Å². The fourth-order valence-electron chi connectivity index (χ4n) is 2.54. The molecule has 1 amide bonds. The number of hydrogen-bond donors (Lipinski definition) is 0. The number of hydrogen-bond acceptors (Lipinski definition) is 5. The Kier molecular flexibility index (Phi) is 5.08. The Balaban J connectivity index is 2.19. The van der Waals surface area contributed by atoms with Crippen molar-refractivity contribution in [1.29, 1.82) is 0 Å². The van der Waals surface area contributed by atoms with E-state index < -0.39 is 0 Å². The molecular formula is C13H22N4O3. The summed E-state index contributed by atoms with van der Waals surface area (Å²) < 4.78 is 12.3. The summed E-state index contributed by atoms with van der Waals surface area (Å²) in [6.45, 7) is 6.29. The zero-order valence-corrected chi connectivity index (χ0v) is 12.3. The van der Waals surface area contributed by atoms with E-state index in [1.807, 2.05) is 18.7 Å². The Morgan fingerprint density at radius 3 is 3.05 bits per heavy atom. The molecule has 0 N–H and O–H groups in total. The van der Waals surface area contributed by atoms with Crippen molar-refractivity contribution in [3.8, 4) is 0 Å². The van der Waals surface area contributed by atoms with E-state index in [-0.39, 0.29) is 18.1 Å². The van der Waals surface area contributed by atoms with Crippen LogP contribution < -0.4 is 0 Å². The number of nitrogens with zero attached hydrogens (tertiary/aromatic N) is 4. The summed E-state index contributed by atoms with van der Waals surface area (Å²) in [5.74, 6) is -0.0590. The van der Waals surface area contributed by atoms with E-state index >= 15 is 0 Å². The molecule has 2 heterocycles. The Labute approximate surface area is 118 Å². The maximum Gasteiger partial charge on any atom is 0.274 e. The van der Waals surface area contributed by atoms with Crippen LogP contribution in [0.1, 0.15) is 30.8 Å². The van der Waals surface area contributed by atoms with Crippen molar-refractivity contribution >= 4 is 5.91 Å². The molecule has 1 aliphatic rings. The van der Waals surface area contributed by atoms with Gasteiger partial charge in [0.25, 0.3) is 5.91 Å². The molecule has 0 bridgehead atoms. The summed E-state index contributed by atoms with van der Waals surface area (Å²) in [6, 6.07) is 0.0813. The summed E-state index contributed by atoms with van der Waals surface area (Å²) in [6.07, 6.45) is 2.41. The summed E-state index contributed by atoms with van der Waals surface area (Å²) in [7, 11) is 1.63. The second kappa shape index (κ2) is 6.81. The second-order valence-electron chi connectivity index (χ2n) is 4.86. The van der Waals surface area contributed by atoms with Gasteiger partial charge in [-0.3, -0.25) is 4.79 Å². The van der Waals surface area contributed by atoms with Gasteiger partial charge < -0.3 is 14.4 Å². The lowest BCUT2D eigenvalue weighted by Crippen LogP contribution is -2.46. The molecule has 1 aromatic heterocycles. The smallest absolute Gasteiger partial charge is 0.274 e. The molecule has 1 aromatic rings. The minimum absolute atomic E-state index is 0.0433. The van der Waals surface area contributed by atoms with Crippen molar-refractivity contribution in [2.45, 2.75) is 39.0 Å². The Hall–Kier alpha value is -1.47. The van der Waals surface area contributed by atoms with Crippen LogP contribution in [0.3, 0.4) is 0 Å². The van der Waals surface area contributed by atoms with Crippen LogP contribution in [0.2, 0.25) is 0 Å². The lowest BCUT2D eigenvalue weighted by Gasteiger charge is -2.30. The zero-order valence-electron chi connectivity index (χ0n) is 12.3. The lowest BCUT2D eigenvalue weighted by atomic mass is 10.1. The molecule has 7 nitrogen and oxygen atoms in total. The first kappa shape index (κ1) is 14.9. The van der Waals surface area contributed by atoms with Crippen molar-refractivity contribution < 1.29 is 14.3 Å². The molecule has 7 heteroatoms. The van der Waals surface area contributed by atoms with E-state index in [1.54, 1.807) is 11.8 Å². The van der Waals surface area contributed by atoms with Crippen LogP contribution in [0.4, 0.5) is 0 Å². The number of methoxy groups -OCH3 is 1. The van der Waals surface area contributed by atoms with Gasteiger partial charge in [-0.2, -0.15) is 0 Å². The van der Waals surface area contributed by atoms with Gasteiger partial charge in [0.15, 0.2) is 0 Å². The van der Waals surface area contributed by atoms with Crippen molar-refractivity contribution in [2.75, 3.05) is 26.9 Å². The molecule has 20 heavy (non-hydrogen) atoms. The molecule has 0 aromatic carbocycles. The molecule has 1 fully saturated rings. The summed E-state index contributed by atoms with van der Waals surface area (Å²) >= 11 is 0. The first-order valence-corrected chi connectivity index (χ1v) is 6.99. The van der Waals surface area contributed by atoms with Gasteiger partial charge in [-0.05, 0) is 20.3 Å². The summed E-state index contributed by atoms with van der Waals surface area (Å²) in [4.78, 5) is 14.6. The molecule has 0 radical (unpaired) electrons. The third kappa shape index (κ3) is 2.99. The minimum atomic E-state index is -0.0590. The SMILES string of the molecule is CCn1nncc1C(=O)N(CCOC)C1CCOC1C. The fourth-order valence-corrected chi connectivity index (χ4v) is 2.54. The van der Waals surface area contributed by atoms with Crippen LogP contribution in [-0.4, -0.2) is 64.8 Å². The van der Waals surface area contributed by atoms with Crippen LogP contribution in [0.5, 0.6) is 0 Å². The van der Waals surface area contributed by atoms with E-state index in [0.717, 1.165) is 6.42 Å². The first-order chi connectivity index (χ1) is 9.69. The molecule has 0 aliphatic carbocycles. The number of carbonyl (C=O) groups excluding carboxylic acids is 1. The van der Waals surface area contributed by atoms with Crippen molar-refractivity contribution in [3.63, 3.8) is 0 Å². The number of rotatable bonds is 6. The van der Waals surface area contributed by atoms with E-state index in [0.29, 0.717) is 32.0 Å². The molecule has 0 saturated carbocycles. The largest absolute Gasteiger partial charge is 0.383 e. The van der Waals surface area contributed by atoms with Crippen LogP contribution in [-0.2, 0) is 16.0 Å². The zero-order chi connectivity index (χ0) is 14.5. The molecule has 1 saturated heterocycles. The van der Waals surface area contributed by atoms with Gasteiger partial charge in [-0.1, -0.05) is 5.21 Å². The van der Waals surface area contributed by atoms with Crippen LogP contribution in [0.15, 0.2) is 6.20 Å². The molecule has 2 unspecified atom stereocenters. The average Bonchev–Trinajstić information content (AvgIpc) is 3.08. The van der Waals surface area contributed by atoms with Crippen LogP contribution >= 0.6 is 0 Å². The summed E-state index contributed by atoms with van der Waals surface area (Å²) in [5, 5.41) is 7.75. The third-order valence-corrected chi connectivity index (χ3v) is 3.67. The highest BCUT2D eigenvalue weighted by Crippen LogP contribution is 2.21. The van der Waals surface area contributed by atoms with Crippen LogP contribution in [0, 0.1) is 0 Å². The monoisotopic (exact) mass is 282 g/mol. The number of aryl methyl sites for hydroxylation is 1.